The van der Waals surface area contributed by atoms with Crippen molar-refractivity contribution in [1.82, 2.24) is 4.90 Å². The lowest BCUT2D eigenvalue weighted by atomic mass is 9.89. The first-order valence-electron chi connectivity index (χ1n) is 6.76. The van der Waals surface area contributed by atoms with Crippen molar-refractivity contribution in [2.45, 2.75) is 51.1 Å². The zero-order valence-electron chi connectivity index (χ0n) is 10.8. The Kier molecular flexibility index (Phi) is 4.54. The maximum atomic E-state index is 12.1. The quantitative estimate of drug-likeness (QED) is 0.751. The second kappa shape index (κ2) is 5.95. The van der Waals surface area contributed by atoms with Crippen LogP contribution in [0, 0.1) is 5.92 Å². The Morgan fingerprint density at radius 2 is 2.17 bits per heavy atom. The van der Waals surface area contributed by atoms with Crippen LogP contribution in [0.1, 0.15) is 39.0 Å². The Hall–Kier alpha value is -0.710. The molecule has 0 aliphatic carbocycles. The average molecular weight is 271 g/mol. The van der Waals surface area contributed by atoms with Crippen LogP contribution in [0.25, 0.3) is 0 Å². The van der Waals surface area contributed by atoms with E-state index in [4.69, 9.17) is 5.11 Å². The number of hydrogen-bond acceptors (Lipinski definition) is 3. The molecule has 0 aromatic heterocycles. The number of thioether (sulfide) groups is 1. The lowest BCUT2D eigenvalue weighted by Crippen LogP contribution is -2.38. The summed E-state index contributed by atoms with van der Waals surface area (Å²) in [5, 5.41) is 9.14. The largest absolute Gasteiger partial charge is 0.481 e. The van der Waals surface area contributed by atoms with Crippen molar-refractivity contribution in [2.24, 2.45) is 5.92 Å². The van der Waals surface area contributed by atoms with Gasteiger partial charge in [-0.1, -0.05) is 13.3 Å². The van der Waals surface area contributed by atoms with Crippen molar-refractivity contribution in [2.75, 3.05) is 11.5 Å². The summed E-state index contributed by atoms with van der Waals surface area (Å²) in [6.45, 7) is 2.14. The third-order valence-electron chi connectivity index (χ3n) is 4.01. The van der Waals surface area contributed by atoms with E-state index in [1.54, 1.807) is 11.8 Å². The van der Waals surface area contributed by atoms with E-state index in [1.807, 2.05) is 4.90 Å². The smallest absolute Gasteiger partial charge is 0.308 e. The van der Waals surface area contributed by atoms with Crippen molar-refractivity contribution < 1.29 is 14.7 Å². The molecule has 3 atom stereocenters. The van der Waals surface area contributed by atoms with Crippen LogP contribution in [0.4, 0.5) is 0 Å². The number of nitrogens with zero attached hydrogens (tertiary/aromatic N) is 1. The minimum absolute atomic E-state index is 0.0354. The fourth-order valence-corrected chi connectivity index (χ4v) is 4.08. The maximum absolute atomic E-state index is 12.1. The van der Waals surface area contributed by atoms with E-state index in [0.29, 0.717) is 12.2 Å². The van der Waals surface area contributed by atoms with Gasteiger partial charge in [-0.15, -0.1) is 0 Å². The fourth-order valence-electron chi connectivity index (χ4n) is 3.12. The molecule has 2 aliphatic rings. The summed E-state index contributed by atoms with van der Waals surface area (Å²) in [5.74, 6) is 0.618. The topological polar surface area (TPSA) is 57.6 Å². The molecule has 0 aromatic rings. The van der Waals surface area contributed by atoms with E-state index in [1.165, 1.54) is 0 Å². The molecule has 2 heterocycles. The van der Waals surface area contributed by atoms with Crippen molar-refractivity contribution in [3.8, 4) is 0 Å². The van der Waals surface area contributed by atoms with Crippen LogP contribution in [0.5, 0.6) is 0 Å². The van der Waals surface area contributed by atoms with E-state index in [9.17, 15) is 9.59 Å². The zero-order chi connectivity index (χ0) is 13.1. The van der Waals surface area contributed by atoms with Gasteiger partial charge in [0.2, 0.25) is 5.91 Å². The lowest BCUT2D eigenvalue weighted by Gasteiger charge is -2.22. The first-order valence-corrected chi connectivity index (χ1v) is 7.92. The third kappa shape index (κ3) is 2.66. The standard InChI is InChI=1S/C13H21NO3S/c1-2-3-6-18-8-12(15)14-9-4-5-11(14)10(7-9)13(16)17/h9-11H,2-8H2,1H3,(H,16,17). The van der Waals surface area contributed by atoms with Crippen LogP contribution in [0.15, 0.2) is 0 Å². The minimum Gasteiger partial charge on any atom is -0.481 e. The Morgan fingerprint density at radius 1 is 1.39 bits per heavy atom. The number of carboxylic acid groups (broad SMARTS) is 1. The van der Waals surface area contributed by atoms with Gasteiger partial charge in [0.25, 0.3) is 0 Å². The van der Waals surface area contributed by atoms with Gasteiger partial charge >= 0.3 is 5.97 Å². The molecule has 2 fully saturated rings. The number of fused-ring (bicyclic) bond motifs is 2. The van der Waals surface area contributed by atoms with E-state index >= 15 is 0 Å². The summed E-state index contributed by atoms with van der Waals surface area (Å²) in [6, 6.07) is 0.155. The molecule has 1 amide bonds. The second-order valence-electron chi connectivity index (χ2n) is 5.19. The average Bonchev–Trinajstić information content (AvgIpc) is 2.91. The number of carbonyl (C=O) groups is 2. The number of aliphatic carboxylic acids is 1. The van der Waals surface area contributed by atoms with Crippen LogP contribution in [-0.4, -0.2) is 45.5 Å². The molecule has 0 radical (unpaired) electrons. The lowest BCUT2D eigenvalue weighted by molar-refractivity contribution is -0.143. The fraction of sp³-hybridized carbons (Fsp3) is 0.846. The van der Waals surface area contributed by atoms with Gasteiger partial charge in [0, 0.05) is 12.1 Å². The van der Waals surface area contributed by atoms with Gasteiger partial charge in [-0.2, -0.15) is 11.8 Å². The highest BCUT2D eigenvalue weighted by molar-refractivity contribution is 7.99. The molecule has 2 saturated heterocycles. The number of carbonyl (C=O) groups excluding carboxylic acids is 1. The third-order valence-corrected chi connectivity index (χ3v) is 5.04. The summed E-state index contributed by atoms with van der Waals surface area (Å²) in [7, 11) is 0. The number of carboxylic acids is 1. The summed E-state index contributed by atoms with van der Waals surface area (Å²) < 4.78 is 0. The summed E-state index contributed by atoms with van der Waals surface area (Å²) in [6.07, 6.45) is 4.80. The molecule has 1 N–H and O–H groups in total. The molecule has 2 aliphatic heterocycles. The predicted octanol–water partition coefficient (Wildman–Crippen LogP) is 1.98. The molecule has 0 aromatic carbocycles. The highest BCUT2D eigenvalue weighted by Crippen LogP contribution is 2.42. The van der Waals surface area contributed by atoms with Crippen LogP contribution >= 0.6 is 11.8 Å². The van der Waals surface area contributed by atoms with Gasteiger partial charge in [-0.25, -0.2) is 0 Å². The van der Waals surface area contributed by atoms with Gasteiger partial charge in [0.05, 0.1) is 11.7 Å². The molecule has 3 unspecified atom stereocenters. The molecule has 0 spiro atoms. The SMILES string of the molecule is CCCCSCC(=O)N1C2CCC1C(C(=O)O)C2. The van der Waals surface area contributed by atoms with Crippen LogP contribution < -0.4 is 0 Å². The Bertz CT molecular complexity index is 334. The number of hydrogen-bond donors (Lipinski definition) is 1. The van der Waals surface area contributed by atoms with Crippen molar-refractivity contribution in [1.29, 1.82) is 0 Å². The number of unbranched alkanes of at least 4 members (excludes halogenated alkanes) is 1. The van der Waals surface area contributed by atoms with Gasteiger partial charge in [-0.05, 0) is 31.4 Å². The molecule has 2 bridgehead atoms. The van der Waals surface area contributed by atoms with Gasteiger partial charge in [0.15, 0.2) is 0 Å². The Morgan fingerprint density at radius 3 is 2.78 bits per heavy atom. The zero-order valence-corrected chi connectivity index (χ0v) is 11.6. The molecule has 102 valence electrons. The summed E-state index contributed by atoms with van der Waals surface area (Å²) in [4.78, 5) is 25.1. The van der Waals surface area contributed by atoms with E-state index in [2.05, 4.69) is 6.92 Å². The van der Waals surface area contributed by atoms with Crippen LogP contribution in [0.3, 0.4) is 0 Å². The minimum atomic E-state index is -0.737. The highest BCUT2D eigenvalue weighted by Gasteiger charge is 2.50. The molecule has 4 nitrogen and oxygen atoms in total. The van der Waals surface area contributed by atoms with E-state index < -0.39 is 5.97 Å². The monoisotopic (exact) mass is 271 g/mol. The normalized spacial score (nSPS) is 29.8. The van der Waals surface area contributed by atoms with Crippen molar-refractivity contribution >= 4 is 23.6 Å². The highest BCUT2D eigenvalue weighted by atomic mass is 32.2. The van der Waals surface area contributed by atoms with E-state index in [0.717, 1.165) is 31.4 Å². The van der Waals surface area contributed by atoms with E-state index in [-0.39, 0.29) is 23.9 Å². The van der Waals surface area contributed by atoms with Gasteiger partial charge < -0.3 is 10.0 Å². The van der Waals surface area contributed by atoms with Gasteiger partial charge in [0.1, 0.15) is 0 Å². The molecular formula is C13H21NO3S. The molecule has 5 heteroatoms. The second-order valence-corrected chi connectivity index (χ2v) is 6.29. The summed E-state index contributed by atoms with van der Waals surface area (Å²) >= 11 is 1.68. The maximum Gasteiger partial charge on any atom is 0.308 e. The number of amides is 1. The molecule has 18 heavy (non-hydrogen) atoms. The first-order chi connectivity index (χ1) is 8.65. The van der Waals surface area contributed by atoms with Crippen LogP contribution in [-0.2, 0) is 9.59 Å². The Labute approximate surface area is 112 Å². The number of rotatable bonds is 6. The molecule has 0 saturated carbocycles. The van der Waals surface area contributed by atoms with Crippen molar-refractivity contribution in [3.63, 3.8) is 0 Å². The van der Waals surface area contributed by atoms with Crippen molar-refractivity contribution in [3.05, 3.63) is 0 Å². The predicted molar refractivity (Wildman–Crippen MR) is 71.6 cm³/mol. The first kappa shape index (κ1) is 13.7. The van der Waals surface area contributed by atoms with Crippen LogP contribution in [0.2, 0.25) is 0 Å². The summed E-state index contributed by atoms with van der Waals surface area (Å²) in [5.41, 5.74) is 0. The van der Waals surface area contributed by atoms with Gasteiger partial charge in [-0.3, -0.25) is 9.59 Å². The molecule has 2 rings (SSSR count). The molecular weight excluding hydrogens is 250 g/mol. The Balaban J connectivity index is 1.86.